The summed E-state index contributed by atoms with van der Waals surface area (Å²) in [6.45, 7) is 4.24. The lowest BCUT2D eigenvalue weighted by molar-refractivity contribution is 0.0612. The van der Waals surface area contributed by atoms with Gasteiger partial charge in [0.2, 0.25) is 0 Å². The lowest BCUT2D eigenvalue weighted by atomic mass is 10.0. The minimum absolute atomic E-state index is 0.0653. The van der Waals surface area contributed by atoms with E-state index in [2.05, 4.69) is 6.92 Å². The minimum atomic E-state index is 0.0653. The molecule has 0 saturated carbocycles. The average Bonchev–Trinajstić information content (AvgIpc) is 2.79. The Morgan fingerprint density at radius 1 is 1.53 bits per heavy atom. The molecule has 1 fully saturated rings. The molecule has 5 heteroatoms. The predicted molar refractivity (Wildman–Crippen MR) is 77.5 cm³/mol. The van der Waals surface area contributed by atoms with E-state index in [4.69, 9.17) is 17.3 Å². The molecule has 1 saturated heterocycles. The summed E-state index contributed by atoms with van der Waals surface area (Å²) in [7, 11) is 0. The highest BCUT2D eigenvalue weighted by molar-refractivity contribution is 6.31. The first-order valence-corrected chi connectivity index (χ1v) is 7.42. The maximum atomic E-state index is 12.7. The lowest BCUT2D eigenvalue weighted by Crippen LogP contribution is -2.47. The summed E-state index contributed by atoms with van der Waals surface area (Å²) in [6, 6.07) is 1.94. The van der Waals surface area contributed by atoms with Crippen LogP contribution in [0.4, 0.5) is 0 Å². The van der Waals surface area contributed by atoms with Gasteiger partial charge in [0.1, 0.15) is 5.69 Å². The summed E-state index contributed by atoms with van der Waals surface area (Å²) in [5.74, 6) is 0.0653. The number of nitrogens with two attached hydrogens (primary N) is 1. The first-order valence-electron chi connectivity index (χ1n) is 7.04. The van der Waals surface area contributed by atoms with E-state index in [1.54, 1.807) is 6.07 Å². The van der Waals surface area contributed by atoms with Crippen LogP contribution in [0.3, 0.4) is 0 Å². The standard InChI is InChI=1S/C14H22ClN3O/c1-2-6-17-10-11(15)8-13(17)14(19)18-7-4-3-5-12(18)9-16/h8,10,12H,2-7,9,16H2,1H3. The molecular formula is C14H22ClN3O. The van der Waals surface area contributed by atoms with Crippen molar-refractivity contribution < 1.29 is 4.79 Å². The van der Waals surface area contributed by atoms with Crippen molar-refractivity contribution in [1.29, 1.82) is 0 Å². The monoisotopic (exact) mass is 283 g/mol. The average molecular weight is 284 g/mol. The zero-order valence-electron chi connectivity index (χ0n) is 11.4. The number of nitrogens with zero attached hydrogens (tertiary/aromatic N) is 2. The molecule has 0 spiro atoms. The number of hydrogen-bond acceptors (Lipinski definition) is 2. The van der Waals surface area contributed by atoms with Gasteiger partial charge in [-0.1, -0.05) is 18.5 Å². The Morgan fingerprint density at radius 2 is 2.32 bits per heavy atom. The van der Waals surface area contributed by atoms with Crippen LogP contribution in [0.1, 0.15) is 43.1 Å². The van der Waals surface area contributed by atoms with Crippen LogP contribution in [0.2, 0.25) is 5.02 Å². The largest absolute Gasteiger partial charge is 0.342 e. The third-order valence-corrected chi connectivity index (χ3v) is 3.91. The fourth-order valence-corrected chi connectivity index (χ4v) is 2.96. The van der Waals surface area contributed by atoms with Crippen molar-refractivity contribution >= 4 is 17.5 Å². The van der Waals surface area contributed by atoms with Gasteiger partial charge in [0, 0.05) is 31.9 Å². The molecule has 1 aromatic rings. The van der Waals surface area contributed by atoms with Gasteiger partial charge in [0.25, 0.3) is 5.91 Å². The second-order valence-corrected chi connectivity index (χ2v) is 5.56. The molecule has 4 nitrogen and oxygen atoms in total. The van der Waals surface area contributed by atoms with E-state index in [9.17, 15) is 4.79 Å². The first-order chi connectivity index (χ1) is 9.17. The minimum Gasteiger partial charge on any atom is -0.342 e. The van der Waals surface area contributed by atoms with Crippen LogP contribution in [0.25, 0.3) is 0 Å². The number of halogens is 1. The zero-order valence-corrected chi connectivity index (χ0v) is 12.2. The van der Waals surface area contributed by atoms with Gasteiger partial charge in [0.15, 0.2) is 0 Å². The highest BCUT2D eigenvalue weighted by Gasteiger charge is 2.28. The number of piperidine rings is 1. The first kappa shape index (κ1) is 14.4. The van der Waals surface area contributed by atoms with Gasteiger partial charge in [-0.25, -0.2) is 0 Å². The van der Waals surface area contributed by atoms with Gasteiger partial charge in [-0.05, 0) is 31.7 Å². The molecule has 0 radical (unpaired) electrons. The van der Waals surface area contributed by atoms with Crippen molar-refractivity contribution in [3.8, 4) is 0 Å². The van der Waals surface area contributed by atoms with Crippen molar-refractivity contribution in [3.63, 3.8) is 0 Å². The van der Waals surface area contributed by atoms with Crippen molar-refractivity contribution in [2.45, 2.75) is 45.2 Å². The molecule has 1 atom stereocenters. The number of aryl methyl sites for hydroxylation is 1. The Kier molecular flexibility index (Phi) is 4.88. The van der Waals surface area contributed by atoms with Gasteiger partial charge in [-0.2, -0.15) is 0 Å². The smallest absolute Gasteiger partial charge is 0.270 e. The van der Waals surface area contributed by atoms with Crippen LogP contribution >= 0.6 is 11.6 Å². The summed E-state index contributed by atoms with van der Waals surface area (Å²) in [5, 5.41) is 0.623. The maximum absolute atomic E-state index is 12.7. The van der Waals surface area contributed by atoms with Crippen LogP contribution in [0, 0.1) is 0 Å². The summed E-state index contributed by atoms with van der Waals surface area (Å²) in [5.41, 5.74) is 6.47. The normalized spacial score (nSPS) is 19.7. The van der Waals surface area contributed by atoms with E-state index >= 15 is 0 Å². The number of rotatable bonds is 4. The Labute approximate surface area is 119 Å². The topological polar surface area (TPSA) is 51.3 Å². The van der Waals surface area contributed by atoms with Gasteiger partial charge in [0.05, 0.1) is 5.02 Å². The van der Waals surface area contributed by atoms with Crippen LogP contribution < -0.4 is 5.73 Å². The quantitative estimate of drug-likeness (QED) is 0.923. The van der Waals surface area contributed by atoms with Crippen LogP contribution in [0.5, 0.6) is 0 Å². The Balaban J connectivity index is 2.22. The van der Waals surface area contributed by atoms with E-state index in [0.717, 1.165) is 38.8 Å². The molecule has 2 heterocycles. The molecule has 1 aliphatic heterocycles. The van der Waals surface area contributed by atoms with Crippen molar-refractivity contribution in [2.75, 3.05) is 13.1 Å². The molecule has 1 unspecified atom stereocenters. The number of amides is 1. The molecule has 19 heavy (non-hydrogen) atoms. The SMILES string of the molecule is CCCn1cc(Cl)cc1C(=O)N1CCCCC1CN. The lowest BCUT2D eigenvalue weighted by Gasteiger charge is -2.35. The van der Waals surface area contributed by atoms with Crippen molar-refractivity contribution in [1.82, 2.24) is 9.47 Å². The van der Waals surface area contributed by atoms with E-state index in [1.807, 2.05) is 15.7 Å². The van der Waals surface area contributed by atoms with Gasteiger partial charge >= 0.3 is 0 Å². The molecule has 1 amide bonds. The second-order valence-electron chi connectivity index (χ2n) is 5.12. The van der Waals surface area contributed by atoms with Crippen LogP contribution in [-0.2, 0) is 6.54 Å². The van der Waals surface area contributed by atoms with Crippen LogP contribution in [0.15, 0.2) is 12.3 Å². The number of aromatic nitrogens is 1. The molecular weight excluding hydrogens is 262 g/mol. The summed E-state index contributed by atoms with van der Waals surface area (Å²) in [6.07, 6.45) is 6.03. The molecule has 1 aliphatic rings. The Bertz CT molecular complexity index is 444. The number of carbonyl (C=O) groups excluding carboxylic acids is 1. The third kappa shape index (κ3) is 3.12. The molecule has 0 bridgehead atoms. The van der Waals surface area contributed by atoms with Gasteiger partial charge in [-0.3, -0.25) is 4.79 Å². The highest BCUT2D eigenvalue weighted by Crippen LogP contribution is 2.22. The van der Waals surface area contributed by atoms with E-state index in [0.29, 0.717) is 17.3 Å². The van der Waals surface area contributed by atoms with Crippen molar-refractivity contribution in [3.05, 3.63) is 23.0 Å². The number of hydrogen-bond donors (Lipinski definition) is 1. The van der Waals surface area contributed by atoms with Gasteiger partial charge < -0.3 is 15.2 Å². The fraction of sp³-hybridized carbons (Fsp3) is 0.643. The zero-order chi connectivity index (χ0) is 13.8. The molecule has 0 aliphatic carbocycles. The molecule has 2 rings (SSSR count). The molecule has 1 aromatic heterocycles. The second kappa shape index (κ2) is 6.44. The summed E-state index contributed by atoms with van der Waals surface area (Å²) < 4.78 is 1.95. The molecule has 106 valence electrons. The number of likely N-dealkylation sites (tertiary alicyclic amines) is 1. The number of carbonyl (C=O) groups is 1. The molecule has 0 aromatic carbocycles. The Hall–Kier alpha value is -1.00. The summed E-state index contributed by atoms with van der Waals surface area (Å²) in [4.78, 5) is 14.6. The van der Waals surface area contributed by atoms with E-state index in [1.165, 1.54) is 0 Å². The van der Waals surface area contributed by atoms with Crippen LogP contribution in [-0.4, -0.2) is 34.5 Å². The Morgan fingerprint density at radius 3 is 3.00 bits per heavy atom. The van der Waals surface area contributed by atoms with Gasteiger partial charge in [-0.15, -0.1) is 0 Å². The third-order valence-electron chi connectivity index (χ3n) is 3.71. The van der Waals surface area contributed by atoms with E-state index < -0.39 is 0 Å². The highest BCUT2D eigenvalue weighted by atomic mass is 35.5. The van der Waals surface area contributed by atoms with Crippen molar-refractivity contribution in [2.24, 2.45) is 5.73 Å². The predicted octanol–water partition coefficient (Wildman–Crippen LogP) is 2.50. The van der Waals surface area contributed by atoms with E-state index in [-0.39, 0.29) is 11.9 Å². The fourth-order valence-electron chi connectivity index (χ4n) is 2.74. The summed E-state index contributed by atoms with van der Waals surface area (Å²) >= 11 is 6.04. The maximum Gasteiger partial charge on any atom is 0.270 e. The molecule has 2 N–H and O–H groups in total.